The molecule has 3 nitrogen and oxygen atoms in total. The van der Waals surface area contributed by atoms with E-state index in [1.807, 2.05) is 23.5 Å². The Balaban J connectivity index is 1.82. The zero-order valence-corrected chi connectivity index (χ0v) is 11.2. The smallest absolute Gasteiger partial charge is 0.139 e. The lowest BCUT2D eigenvalue weighted by atomic mass is 10.3. The summed E-state index contributed by atoms with van der Waals surface area (Å²) in [7, 11) is 0. The summed E-state index contributed by atoms with van der Waals surface area (Å²) in [6.07, 6.45) is 3.45. The summed E-state index contributed by atoms with van der Waals surface area (Å²) in [5.41, 5.74) is 2.22. The highest BCUT2D eigenvalue weighted by atomic mass is 32.1. The number of aryl methyl sites for hydroxylation is 2. The molecule has 0 bridgehead atoms. The second-order valence-corrected chi connectivity index (χ2v) is 5.64. The summed E-state index contributed by atoms with van der Waals surface area (Å²) in [4.78, 5) is 7.06. The van der Waals surface area contributed by atoms with Crippen LogP contribution < -0.4 is 5.32 Å². The van der Waals surface area contributed by atoms with Crippen LogP contribution in [0.2, 0.25) is 0 Å². The van der Waals surface area contributed by atoms with Crippen LogP contribution in [0.15, 0.2) is 35.1 Å². The van der Waals surface area contributed by atoms with Gasteiger partial charge in [-0.25, -0.2) is 4.98 Å². The van der Waals surface area contributed by atoms with Gasteiger partial charge >= 0.3 is 0 Å². The van der Waals surface area contributed by atoms with E-state index < -0.39 is 0 Å². The van der Waals surface area contributed by atoms with Crippen LogP contribution >= 0.6 is 11.3 Å². The van der Waals surface area contributed by atoms with Crippen molar-refractivity contribution < 1.29 is 4.42 Å². The Hall–Kier alpha value is -1.81. The highest BCUT2D eigenvalue weighted by molar-refractivity contribution is 7.12. The molecule has 0 amide bonds. The zero-order valence-electron chi connectivity index (χ0n) is 10.4. The predicted octanol–water partition coefficient (Wildman–Crippen LogP) is 4.12. The molecule has 92 valence electrons. The molecule has 0 aromatic carbocycles. The lowest BCUT2D eigenvalue weighted by Crippen LogP contribution is -1.99. The highest BCUT2D eigenvalue weighted by Crippen LogP contribution is 2.24. The molecule has 0 aliphatic heterocycles. The van der Waals surface area contributed by atoms with Crippen molar-refractivity contribution in [2.45, 2.75) is 20.4 Å². The van der Waals surface area contributed by atoms with Gasteiger partial charge < -0.3 is 9.73 Å². The van der Waals surface area contributed by atoms with Crippen LogP contribution in [-0.2, 0) is 6.54 Å². The van der Waals surface area contributed by atoms with Crippen LogP contribution in [0, 0.1) is 13.8 Å². The Labute approximate surface area is 109 Å². The van der Waals surface area contributed by atoms with Gasteiger partial charge in [-0.15, -0.1) is 11.3 Å². The van der Waals surface area contributed by atoms with Crippen LogP contribution in [-0.4, -0.2) is 4.98 Å². The maximum atomic E-state index is 5.36. The van der Waals surface area contributed by atoms with Crippen molar-refractivity contribution >= 4 is 28.1 Å². The van der Waals surface area contributed by atoms with E-state index in [0.717, 1.165) is 23.3 Å². The molecule has 0 unspecified atom stereocenters. The van der Waals surface area contributed by atoms with Crippen LogP contribution in [0.1, 0.15) is 15.3 Å². The summed E-state index contributed by atoms with van der Waals surface area (Å²) < 4.78 is 5.36. The number of furan rings is 1. The summed E-state index contributed by atoms with van der Waals surface area (Å²) in [5.74, 6) is 0.880. The van der Waals surface area contributed by atoms with Gasteiger partial charge in [0, 0.05) is 16.0 Å². The molecule has 0 atom stereocenters. The van der Waals surface area contributed by atoms with Crippen LogP contribution in [0.5, 0.6) is 0 Å². The first kappa shape index (κ1) is 11.3. The zero-order chi connectivity index (χ0) is 12.5. The van der Waals surface area contributed by atoms with E-state index in [2.05, 4.69) is 30.2 Å². The van der Waals surface area contributed by atoms with Crippen molar-refractivity contribution in [1.82, 2.24) is 4.98 Å². The van der Waals surface area contributed by atoms with Gasteiger partial charge in [-0.05, 0) is 37.6 Å². The number of pyridine rings is 1. The van der Waals surface area contributed by atoms with Crippen LogP contribution in [0.3, 0.4) is 0 Å². The van der Waals surface area contributed by atoms with Gasteiger partial charge in [0.1, 0.15) is 11.4 Å². The Morgan fingerprint density at radius 3 is 3.00 bits per heavy atom. The first-order valence-corrected chi connectivity index (χ1v) is 6.67. The second-order valence-electron chi connectivity index (χ2n) is 4.30. The molecular formula is C14H14N2OS. The predicted molar refractivity (Wildman–Crippen MR) is 75.1 cm³/mol. The van der Waals surface area contributed by atoms with Crippen molar-refractivity contribution in [1.29, 1.82) is 0 Å². The number of rotatable bonds is 3. The number of fused-ring (bicyclic) bond motifs is 1. The minimum absolute atomic E-state index is 0.802. The third-order valence-electron chi connectivity index (χ3n) is 3.03. The molecule has 1 N–H and O–H groups in total. The monoisotopic (exact) mass is 258 g/mol. The summed E-state index contributed by atoms with van der Waals surface area (Å²) >= 11 is 1.83. The van der Waals surface area contributed by atoms with Crippen molar-refractivity contribution in [3.05, 3.63) is 46.0 Å². The number of aromatic nitrogens is 1. The van der Waals surface area contributed by atoms with Gasteiger partial charge in [0.05, 0.1) is 18.2 Å². The fraction of sp³-hybridized carbons (Fsp3) is 0.214. The molecular weight excluding hydrogens is 244 g/mol. The van der Waals surface area contributed by atoms with Gasteiger partial charge in [0.25, 0.3) is 0 Å². The topological polar surface area (TPSA) is 38.1 Å². The third-order valence-corrected chi connectivity index (χ3v) is 4.18. The molecule has 3 aromatic heterocycles. The first-order chi connectivity index (χ1) is 8.74. The van der Waals surface area contributed by atoms with E-state index in [0.29, 0.717) is 0 Å². The first-order valence-electron chi connectivity index (χ1n) is 5.86. The largest absolute Gasteiger partial charge is 0.464 e. The lowest BCUT2D eigenvalue weighted by molar-refractivity contribution is 0.615. The maximum Gasteiger partial charge on any atom is 0.139 e. The number of hydrogen-bond donors (Lipinski definition) is 1. The minimum atomic E-state index is 0.802. The van der Waals surface area contributed by atoms with E-state index in [9.17, 15) is 0 Å². The van der Waals surface area contributed by atoms with Gasteiger partial charge in [0.15, 0.2) is 0 Å². The number of thiophene rings is 1. The molecule has 0 radical (unpaired) electrons. The van der Waals surface area contributed by atoms with Crippen molar-refractivity contribution in [2.75, 3.05) is 5.32 Å². The van der Waals surface area contributed by atoms with Crippen molar-refractivity contribution in [3.8, 4) is 0 Å². The fourth-order valence-corrected chi connectivity index (χ4v) is 2.94. The molecule has 0 fully saturated rings. The molecule has 0 saturated carbocycles. The molecule has 0 spiro atoms. The molecule has 3 heterocycles. The fourth-order valence-electron chi connectivity index (χ4n) is 1.94. The normalized spacial score (nSPS) is 11.0. The molecule has 3 aromatic rings. The molecule has 3 rings (SSSR count). The Kier molecular flexibility index (Phi) is 2.80. The third kappa shape index (κ3) is 1.99. The molecule has 0 aliphatic rings. The molecule has 18 heavy (non-hydrogen) atoms. The average molecular weight is 258 g/mol. The average Bonchev–Trinajstić information content (AvgIpc) is 2.94. The Morgan fingerprint density at radius 1 is 1.33 bits per heavy atom. The Bertz CT molecular complexity index is 664. The molecule has 0 saturated heterocycles. The SMILES string of the molecule is Cc1cc(CNc2nccc3occc23)sc1C. The van der Waals surface area contributed by atoms with Gasteiger partial charge in [0.2, 0.25) is 0 Å². The summed E-state index contributed by atoms with van der Waals surface area (Å²) in [6.45, 7) is 5.10. The molecule has 0 aliphatic carbocycles. The van der Waals surface area contributed by atoms with E-state index in [4.69, 9.17) is 4.42 Å². The van der Waals surface area contributed by atoms with Gasteiger partial charge in [-0.1, -0.05) is 0 Å². The Morgan fingerprint density at radius 2 is 2.22 bits per heavy atom. The standard InChI is InChI=1S/C14H14N2OS/c1-9-7-11(18-10(9)2)8-16-14-12-4-6-17-13(12)3-5-15-14/h3-7H,8H2,1-2H3,(H,15,16). The quantitative estimate of drug-likeness (QED) is 0.768. The maximum absolute atomic E-state index is 5.36. The van der Waals surface area contributed by atoms with Gasteiger partial charge in [-0.2, -0.15) is 0 Å². The van der Waals surface area contributed by atoms with E-state index in [1.54, 1.807) is 12.5 Å². The number of nitrogens with one attached hydrogen (secondary N) is 1. The lowest BCUT2D eigenvalue weighted by Gasteiger charge is -2.04. The number of nitrogens with zero attached hydrogens (tertiary/aromatic N) is 1. The van der Waals surface area contributed by atoms with E-state index in [-0.39, 0.29) is 0 Å². The minimum Gasteiger partial charge on any atom is -0.464 e. The molecule has 4 heteroatoms. The van der Waals surface area contributed by atoms with Crippen molar-refractivity contribution in [2.24, 2.45) is 0 Å². The number of hydrogen-bond acceptors (Lipinski definition) is 4. The van der Waals surface area contributed by atoms with Crippen molar-refractivity contribution in [3.63, 3.8) is 0 Å². The van der Waals surface area contributed by atoms with E-state index >= 15 is 0 Å². The van der Waals surface area contributed by atoms with Crippen LogP contribution in [0.25, 0.3) is 11.0 Å². The summed E-state index contributed by atoms with van der Waals surface area (Å²) in [6, 6.07) is 6.04. The van der Waals surface area contributed by atoms with E-state index in [1.165, 1.54) is 15.3 Å². The van der Waals surface area contributed by atoms with Crippen LogP contribution in [0.4, 0.5) is 5.82 Å². The highest BCUT2D eigenvalue weighted by Gasteiger charge is 2.06. The summed E-state index contributed by atoms with van der Waals surface area (Å²) in [5, 5.41) is 4.40. The van der Waals surface area contributed by atoms with Gasteiger partial charge in [-0.3, -0.25) is 0 Å². The second kappa shape index (κ2) is 4.46. The number of anilines is 1.